The maximum absolute atomic E-state index is 12.3. The van der Waals surface area contributed by atoms with Gasteiger partial charge >= 0.3 is 0 Å². The summed E-state index contributed by atoms with van der Waals surface area (Å²) in [5, 5.41) is 3.25. The van der Waals surface area contributed by atoms with Gasteiger partial charge in [-0.1, -0.05) is 26.2 Å². The molecule has 0 saturated heterocycles. The number of hydrogen-bond acceptors (Lipinski definition) is 2. The van der Waals surface area contributed by atoms with Gasteiger partial charge in [0.15, 0.2) is 0 Å². The van der Waals surface area contributed by atoms with Crippen molar-refractivity contribution in [3.8, 4) is 0 Å². The summed E-state index contributed by atoms with van der Waals surface area (Å²) in [6, 6.07) is 0.419. The van der Waals surface area contributed by atoms with E-state index < -0.39 is 0 Å². The summed E-state index contributed by atoms with van der Waals surface area (Å²) in [5.74, 6) is 1.08. The van der Waals surface area contributed by atoms with Gasteiger partial charge in [-0.25, -0.2) is 0 Å². The lowest BCUT2D eigenvalue weighted by molar-refractivity contribution is -0.124. The summed E-state index contributed by atoms with van der Waals surface area (Å²) in [7, 11) is 0. The molecule has 0 unspecified atom stereocenters. The minimum atomic E-state index is 0.101. The zero-order valence-electron chi connectivity index (χ0n) is 12.4. The SMILES string of the molecule is CC1CCC(NC(=O)CC2(CN)CCCCC2)CC1. The fourth-order valence-corrected chi connectivity index (χ4v) is 3.78. The van der Waals surface area contributed by atoms with Crippen LogP contribution in [0.1, 0.15) is 71.1 Å². The fourth-order valence-electron chi connectivity index (χ4n) is 3.78. The van der Waals surface area contributed by atoms with Crippen LogP contribution in [-0.2, 0) is 4.79 Å². The summed E-state index contributed by atoms with van der Waals surface area (Å²) in [6.07, 6.45) is 11.5. The van der Waals surface area contributed by atoms with Gasteiger partial charge in [0, 0.05) is 12.5 Å². The Labute approximate surface area is 117 Å². The molecule has 2 rings (SSSR count). The van der Waals surface area contributed by atoms with Gasteiger partial charge in [0.2, 0.25) is 5.91 Å². The molecular weight excluding hydrogens is 236 g/mol. The molecule has 0 aromatic carbocycles. The Balaban J connectivity index is 1.79. The summed E-state index contributed by atoms with van der Waals surface area (Å²) >= 11 is 0. The average Bonchev–Trinajstić information content (AvgIpc) is 2.42. The maximum Gasteiger partial charge on any atom is 0.220 e. The quantitative estimate of drug-likeness (QED) is 0.822. The molecule has 3 heteroatoms. The minimum Gasteiger partial charge on any atom is -0.353 e. The van der Waals surface area contributed by atoms with Gasteiger partial charge in [0.1, 0.15) is 0 Å². The second-order valence-electron chi connectivity index (χ2n) is 6.97. The Bertz CT molecular complexity index is 289. The van der Waals surface area contributed by atoms with Crippen molar-refractivity contribution in [2.24, 2.45) is 17.1 Å². The number of carbonyl (C=O) groups is 1. The number of nitrogens with one attached hydrogen (secondary N) is 1. The van der Waals surface area contributed by atoms with E-state index in [1.165, 1.54) is 32.1 Å². The van der Waals surface area contributed by atoms with Crippen molar-refractivity contribution >= 4 is 5.91 Å². The lowest BCUT2D eigenvalue weighted by Gasteiger charge is -2.36. The molecule has 0 atom stereocenters. The summed E-state index contributed by atoms with van der Waals surface area (Å²) < 4.78 is 0. The van der Waals surface area contributed by atoms with Crippen LogP contribution in [0.4, 0.5) is 0 Å². The maximum atomic E-state index is 12.3. The third-order valence-electron chi connectivity index (χ3n) is 5.26. The highest BCUT2D eigenvalue weighted by Gasteiger charge is 2.33. The number of amides is 1. The van der Waals surface area contributed by atoms with Crippen LogP contribution in [0, 0.1) is 11.3 Å². The smallest absolute Gasteiger partial charge is 0.220 e. The molecule has 1 amide bonds. The van der Waals surface area contributed by atoms with E-state index in [-0.39, 0.29) is 11.3 Å². The molecule has 2 aliphatic carbocycles. The van der Waals surface area contributed by atoms with Crippen LogP contribution in [0.3, 0.4) is 0 Å². The van der Waals surface area contributed by atoms with Crippen LogP contribution in [0.5, 0.6) is 0 Å². The van der Waals surface area contributed by atoms with Crippen LogP contribution in [0.15, 0.2) is 0 Å². The summed E-state index contributed by atoms with van der Waals surface area (Å²) in [4.78, 5) is 12.3. The predicted molar refractivity (Wildman–Crippen MR) is 78.8 cm³/mol. The highest BCUT2D eigenvalue weighted by Crippen LogP contribution is 2.38. The van der Waals surface area contributed by atoms with Crippen LogP contribution in [-0.4, -0.2) is 18.5 Å². The molecule has 3 N–H and O–H groups in total. The zero-order chi connectivity index (χ0) is 13.7. The van der Waals surface area contributed by atoms with Crippen molar-refractivity contribution in [1.82, 2.24) is 5.32 Å². The molecule has 0 aromatic heterocycles. The van der Waals surface area contributed by atoms with Gasteiger partial charge in [-0.15, -0.1) is 0 Å². The monoisotopic (exact) mass is 266 g/mol. The molecule has 0 aromatic rings. The topological polar surface area (TPSA) is 55.1 Å². The molecule has 2 fully saturated rings. The molecule has 19 heavy (non-hydrogen) atoms. The lowest BCUT2D eigenvalue weighted by atomic mass is 9.71. The van der Waals surface area contributed by atoms with Gasteiger partial charge in [-0.05, 0) is 56.4 Å². The third-order valence-corrected chi connectivity index (χ3v) is 5.26. The molecule has 0 radical (unpaired) electrons. The Kier molecular flexibility index (Phi) is 5.26. The molecule has 0 aliphatic heterocycles. The molecule has 0 spiro atoms. The van der Waals surface area contributed by atoms with Crippen LogP contribution in [0.2, 0.25) is 0 Å². The van der Waals surface area contributed by atoms with Gasteiger partial charge < -0.3 is 11.1 Å². The molecule has 110 valence electrons. The second kappa shape index (κ2) is 6.74. The van der Waals surface area contributed by atoms with Crippen molar-refractivity contribution in [2.75, 3.05) is 6.54 Å². The van der Waals surface area contributed by atoms with E-state index in [1.54, 1.807) is 0 Å². The highest BCUT2D eigenvalue weighted by atomic mass is 16.1. The van der Waals surface area contributed by atoms with Gasteiger partial charge in [0.05, 0.1) is 0 Å². The second-order valence-corrected chi connectivity index (χ2v) is 6.97. The van der Waals surface area contributed by atoms with E-state index >= 15 is 0 Å². The van der Waals surface area contributed by atoms with E-state index in [4.69, 9.17) is 5.73 Å². The molecule has 2 aliphatic rings. The fraction of sp³-hybridized carbons (Fsp3) is 0.938. The van der Waals surface area contributed by atoms with Crippen LogP contribution < -0.4 is 11.1 Å². The first-order valence-electron chi connectivity index (χ1n) is 8.13. The Morgan fingerprint density at radius 3 is 2.37 bits per heavy atom. The summed E-state index contributed by atoms with van der Waals surface area (Å²) in [5.41, 5.74) is 6.06. The van der Waals surface area contributed by atoms with Gasteiger partial charge in [-0.3, -0.25) is 4.79 Å². The van der Waals surface area contributed by atoms with Crippen LogP contribution in [0.25, 0.3) is 0 Å². The Morgan fingerprint density at radius 2 is 1.79 bits per heavy atom. The molecule has 3 nitrogen and oxygen atoms in total. The van der Waals surface area contributed by atoms with Gasteiger partial charge in [-0.2, -0.15) is 0 Å². The normalized spacial score (nSPS) is 30.8. The number of rotatable bonds is 4. The van der Waals surface area contributed by atoms with E-state index in [9.17, 15) is 4.79 Å². The van der Waals surface area contributed by atoms with Crippen molar-refractivity contribution < 1.29 is 4.79 Å². The number of hydrogen-bond donors (Lipinski definition) is 2. The van der Waals surface area contributed by atoms with Crippen LogP contribution >= 0.6 is 0 Å². The highest BCUT2D eigenvalue weighted by molar-refractivity contribution is 5.77. The minimum absolute atomic E-state index is 0.101. The van der Waals surface area contributed by atoms with E-state index in [0.29, 0.717) is 19.0 Å². The molecular formula is C16H30N2O. The number of nitrogens with two attached hydrogens (primary N) is 1. The Morgan fingerprint density at radius 1 is 1.16 bits per heavy atom. The van der Waals surface area contributed by atoms with Crippen molar-refractivity contribution in [3.05, 3.63) is 0 Å². The first-order chi connectivity index (χ1) is 9.13. The van der Waals surface area contributed by atoms with Crippen molar-refractivity contribution in [1.29, 1.82) is 0 Å². The number of carbonyl (C=O) groups excluding carboxylic acids is 1. The van der Waals surface area contributed by atoms with E-state index in [1.807, 2.05) is 0 Å². The lowest BCUT2D eigenvalue weighted by Crippen LogP contribution is -2.42. The third kappa shape index (κ3) is 4.20. The zero-order valence-corrected chi connectivity index (χ0v) is 12.4. The van der Waals surface area contributed by atoms with E-state index in [0.717, 1.165) is 31.6 Å². The largest absolute Gasteiger partial charge is 0.353 e. The molecule has 0 bridgehead atoms. The first-order valence-corrected chi connectivity index (χ1v) is 8.13. The molecule has 0 heterocycles. The first kappa shape index (κ1) is 14.8. The average molecular weight is 266 g/mol. The van der Waals surface area contributed by atoms with E-state index in [2.05, 4.69) is 12.2 Å². The predicted octanol–water partition coefficient (Wildman–Crippen LogP) is 2.98. The standard InChI is InChI=1S/C16H30N2O/c1-13-5-7-14(8-6-13)18-15(19)11-16(12-17)9-3-2-4-10-16/h13-14H,2-12,17H2,1H3,(H,18,19). The Hall–Kier alpha value is -0.570. The van der Waals surface area contributed by atoms with Gasteiger partial charge in [0.25, 0.3) is 0 Å². The summed E-state index contributed by atoms with van der Waals surface area (Å²) in [6.45, 7) is 2.98. The van der Waals surface area contributed by atoms with Crippen molar-refractivity contribution in [3.63, 3.8) is 0 Å². The van der Waals surface area contributed by atoms with Crippen molar-refractivity contribution in [2.45, 2.75) is 77.2 Å². The molecule has 2 saturated carbocycles.